The second kappa shape index (κ2) is 9.97. The van der Waals surface area contributed by atoms with Gasteiger partial charge in [0.1, 0.15) is 0 Å². The van der Waals surface area contributed by atoms with Gasteiger partial charge < -0.3 is 25.5 Å². The van der Waals surface area contributed by atoms with Crippen molar-refractivity contribution in [2.75, 3.05) is 0 Å². The number of carboxylic acids is 2. The van der Waals surface area contributed by atoms with E-state index in [1.54, 1.807) is 0 Å². The first-order chi connectivity index (χ1) is 16.9. The Balaban J connectivity index is 2.04. The summed E-state index contributed by atoms with van der Waals surface area (Å²) in [5.41, 5.74) is 0.445. The molecule has 0 aromatic heterocycles. The van der Waals surface area contributed by atoms with Crippen LogP contribution in [0.2, 0.25) is 0 Å². The molecule has 5 N–H and O–H groups in total. The third kappa shape index (κ3) is 4.95. The van der Waals surface area contributed by atoms with E-state index < -0.39 is 57.8 Å². The van der Waals surface area contributed by atoms with Crippen LogP contribution in [0.4, 0.5) is 0 Å². The minimum atomic E-state index is -1.34. The van der Waals surface area contributed by atoms with Gasteiger partial charge in [-0.05, 0) is 87.2 Å². The van der Waals surface area contributed by atoms with Crippen LogP contribution in [0.1, 0.15) is 86.5 Å². The van der Waals surface area contributed by atoms with Crippen molar-refractivity contribution >= 4 is 11.9 Å². The molecule has 0 unspecified atom stereocenters. The highest BCUT2D eigenvalue weighted by Gasteiger charge is 2.65. The molecule has 3 aliphatic rings. The van der Waals surface area contributed by atoms with E-state index in [1.807, 2.05) is 6.92 Å². The molecule has 7 heteroatoms. The highest BCUT2D eigenvalue weighted by atomic mass is 16.4. The zero-order valence-corrected chi connectivity index (χ0v) is 23.3. The number of carbonyl (C=O) groups is 2. The number of carboxylic acid groups (broad SMARTS) is 2. The van der Waals surface area contributed by atoms with Crippen LogP contribution in [-0.4, -0.2) is 55.3 Å². The lowest BCUT2D eigenvalue weighted by Crippen LogP contribution is -2.49. The van der Waals surface area contributed by atoms with Crippen LogP contribution in [0.5, 0.6) is 0 Å². The molecule has 3 aliphatic carbocycles. The lowest BCUT2D eigenvalue weighted by molar-refractivity contribution is -0.149. The Labute approximate surface area is 221 Å². The molecule has 3 rings (SSSR count). The third-order valence-electron chi connectivity index (χ3n) is 10.4. The van der Waals surface area contributed by atoms with E-state index in [9.17, 15) is 35.1 Å². The SMILES string of the molecule is C=C(C)[C@@H]1CC=C2C(=CC[C@]3(C)[C@@H]([C@@H](CC[C@@H](O)C(C)(C)O)C(=O)O)[C@H](O)C[C@@]23C)[C@@]1(C)CCC(=O)O. The van der Waals surface area contributed by atoms with Crippen molar-refractivity contribution in [3.8, 4) is 0 Å². The molecule has 0 heterocycles. The van der Waals surface area contributed by atoms with Crippen LogP contribution in [0.25, 0.3) is 0 Å². The molecule has 0 saturated heterocycles. The predicted octanol–water partition coefficient (Wildman–Crippen LogP) is 4.72. The van der Waals surface area contributed by atoms with Gasteiger partial charge in [-0.25, -0.2) is 0 Å². The van der Waals surface area contributed by atoms with Crippen molar-refractivity contribution in [2.24, 2.45) is 34.0 Å². The van der Waals surface area contributed by atoms with Crippen LogP contribution in [0.15, 0.2) is 35.5 Å². The molecule has 0 aliphatic heterocycles. The highest BCUT2D eigenvalue weighted by Crippen LogP contribution is 2.70. The number of aliphatic carboxylic acids is 2. The number of aliphatic hydroxyl groups is 3. The normalized spacial score (nSPS) is 37.1. The van der Waals surface area contributed by atoms with Crippen molar-refractivity contribution in [2.45, 2.75) is 104 Å². The van der Waals surface area contributed by atoms with Gasteiger partial charge in [0.05, 0.1) is 23.7 Å². The maximum atomic E-state index is 12.5. The molecular formula is C30H46O7. The fraction of sp³-hybridized carbons (Fsp3) is 0.733. The number of fused-ring (bicyclic) bond motifs is 3. The second-order valence-corrected chi connectivity index (χ2v) is 13.1. The Kier molecular flexibility index (Phi) is 7.98. The molecule has 0 bridgehead atoms. The molecule has 1 saturated carbocycles. The Hall–Kier alpha value is -1.96. The third-order valence-corrected chi connectivity index (χ3v) is 10.4. The molecule has 0 spiro atoms. The largest absolute Gasteiger partial charge is 0.481 e. The summed E-state index contributed by atoms with van der Waals surface area (Å²) in [5.74, 6) is -3.14. The number of aliphatic hydroxyl groups excluding tert-OH is 2. The first-order valence-electron chi connectivity index (χ1n) is 13.5. The first-order valence-corrected chi connectivity index (χ1v) is 13.5. The molecule has 1 fully saturated rings. The summed E-state index contributed by atoms with van der Waals surface area (Å²) in [7, 11) is 0. The van der Waals surface area contributed by atoms with Gasteiger partial charge in [-0.3, -0.25) is 9.59 Å². The van der Waals surface area contributed by atoms with Crippen LogP contribution < -0.4 is 0 Å². The maximum Gasteiger partial charge on any atom is 0.306 e. The molecule has 208 valence electrons. The van der Waals surface area contributed by atoms with E-state index in [4.69, 9.17) is 0 Å². The van der Waals surface area contributed by atoms with Crippen LogP contribution >= 0.6 is 0 Å². The average Bonchev–Trinajstić information content (AvgIpc) is 2.97. The topological polar surface area (TPSA) is 135 Å². The summed E-state index contributed by atoms with van der Waals surface area (Å²) in [4.78, 5) is 24.1. The zero-order valence-electron chi connectivity index (χ0n) is 23.3. The van der Waals surface area contributed by atoms with Gasteiger partial charge in [0, 0.05) is 17.8 Å². The lowest BCUT2D eigenvalue weighted by Gasteiger charge is -2.56. The number of rotatable bonds is 10. The summed E-state index contributed by atoms with van der Waals surface area (Å²) in [6.45, 7) is 15.5. The van der Waals surface area contributed by atoms with Gasteiger partial charge in [-0.1, -0.05) is 45.1 Å². The lowest BCUT2D eigenvalue weighted by atomic mass is 9.48. The predicted molar refractivity (Wildman–Crippen MR) is 142 cm³/mol. The summed E-state index contributed by atoms with van der Waals surface area (Å²) in [5, 5.41) is 51.6. The van der Waals surface area contributed by atoms with E-state index in [2.05, 4.69) is 39.5 Å². The molecule has 0 radical (unpaired) electrons. The molecule has 0 aromatic carbocycles. The van der Waals surface area contributed by atoms with Crippen molar-refractivity contribution < 1.29 is 35.1 Å². The van der Waals surface area contributed by atoms with Crippen LogP contribution in [0, 0.1) is 34.0 Å². The number of allylic oxidation sites excluding steroid dienone is 5. The monoisotopic (exact) mass is 518 g/mol. The quantitative estimate of drug-likeness (QED) is 0.264. The van der Waals surface area contributed by atoms with Crippen molar-refractivity contribution in [3.05, 3.63) is 35.5 Å². The van der Waals surface area contributed by atoms with Crippen molar-refractivity contribution in [1.29, 1.82) is 0 Å². The number of hydrogen-bond acceptors (Lipinski definition) is 5. The standard InChI is InChI=1S/C30H46O7/c1-17(2)19-9-10-21-20(28(19,5)14-13-24(33)34)12-15-29(6)25(22(31)16-30(21,29)7)18(26(35)36)8-11-23(32)27(3,4)37/h10,12,18-19,22-23,25,31-32,37H,1,8-9,11,13-16H2,2-7H3,(H,33,34)(H,35,36)/t18-,19+,22-,23-,25+,28+,29-,30+/m1/s1. The molecule has 37 heavy (non-hydrogen) atoms. The van der Waals surface area contributed by atoms with Gasteiger partial charge in [0.25, 0.3) is 0 Å². The van der Waals surface area contributed by atoms with E-state index in [0.717, 1.165) is 23.1 Å². The molecule has 7 nitrogen and oxygen atoms in total. The minimum Gasteiger partial charge on any atom is -0.481 e. The van der Waals surface area contributed by atoms with Gasteiger partial charge in [-0.2, -0.15) is 0 Å². The summed E-state index contributed by atoms with van der Waals surface area (Å²) >= 11 is 0. The van der Waals surface area contributed by atoms with Gasteiger partial charge >= 0.3 is 11.9 Å². The van der Waals surface area contributed by atoms with E-state index in [0.29, 0.717) is 19.3 Å². The Morgan fingerprint density at radius 3 is 2.27 bits per heavy atom. The Bertz CT molecular complexity index is 1000. The van der Waals surface area contributed by atoms with Gasteiger partial charge in [0.15, 0.2) is 0 Å². The first kappa shape index (κ1) is 29.6. The van der Waals surface area contributed by atoms with Crippen LogP contribution in [0.3, 0.4) is 0 Å². The smallest absolute Gasteiger partial charge is 0.306 e. The van der Waals surface area contributed by atoms with E-state index in [1.165, 1.54) is 13.8 Å². The molecular weight excluding hydrogens is 472 g/mol. The van der Waals surface area contributed by atoms with E-state index >= 15 is 0 Å². The highest BCUT2D eigenvalue weighted by molar-refractivity contribution is 5.71. The van der Waals surface area contributed by atoms with Crippen molar-refractivity contribution in [1.82, 2.24) is 0 Å². The summed E-state index contributed by atoms with van der Waals surface area (Å²) in [6, 6.07) is 0. The summed E-state index contributed by atoms with van der Waals surface area (Å²) < 4.78 is 0. The average molecular weight is 519 g/mol. The van der Waals surface area contributed by atoms with Crippen molar-refractivity contribution in [3.63, 3.8) is 0 Å². The maximum absolute atomic E-state index is 12.5. The van der Waals surface area contributed by atoms with Crippen LogP contribution in [-0.2, 0) is 9.59 Å². The van der Waals surface area contributed by atoms with Gasteiger partial charge in [0.2, 0.25) is 0 Å². The fourth-order valence-corrected chi connectivity index (χ4v) is 7.91. The van der Waals surface area contributed by atoms with Gasteiger partial charge in [-0.15, -0.1) is 0 Å². The summed E-state index contributed by atoms with van der Waals surface area (Å²) in [6.07, 6.45) is 4.99. The zero-order chi connectivity index (χ0) is 28.1. The van der Waals surface area contributed by atoms with E-state index in [-0.39, 0.29) is 25.2 Å². The Morgan fingerprint density at radius 2 is 1.76 bits per heavy atom. The fourth-order valence-electron chi connectivity index (χ4n) is 7.91. The molecule has 0 amide bonds. The molecule has 8 atom stereocenters. The second-order valence-electron chi connectivity index (χ2n) is 13.1. The number of hydrogen-bond donors (Lipinski definition) is 5. The molecule has 0 aromatic rings. The minimum absolute atomic E-state index is 0.0503. The Morgan fingerprint density at radius 1 is 1.14 bits per heavy atom.